The number of nitrogens with zero attached hydrogens (tertiary/aromatic N) is 3. The van der Waals surface area contributed by atoms with Gasteiger partial charge in [-0.2, -0.15) is 0 Å². The van der Waals surface area contributed by atoms with Crippen molar-refractivity contribution < 1.29 is 4.74 Å². The highest BCUT2D eigenvalue weighted by Gasteiger charge is 2.37. The van der Waals surface area contributed by atoms with Crippen molar-refractivity contribution in [1.82, 2.24) is 15.2 Å². The Labute approximate surface area is 192 Å². The van der Waals surface area contributed by atoms with Crippen molar-refractivity contribution in [2.75, 3.05) is 44.3 Å². The van der Waals surface area contributed by atoms with Crippen LogP contribution >= 0.6 is 0 Å². The number of hydrogen-bond donors (Lipinski definition) is 1. The Morgan fingerprint density at radius 3 is 2.88 bits per heavy atom. The van der Waals surface area contributed by atoms with Gasteiger partial charge < -0.3 is 15.0 Å². The Bertz CT molecular complexity index is 941. The van der Waals surface area contributed by atoms with Crippen LogP contribution in [0, 0.1) is 5.92 Å². The van der Waals surface area contributed by atoms with Crippen LogP contribution in [0.2, 0.25) is 0 Å². The van der Waals surface area contributed by atoms with E-state index in [4.69, 9.17) is 9.72 Å². The Balaban J connectivity index is 1.16. The highest BCUT2D eigenvalue weighted by atomic mass is 16.5. The third-order valence-electron chi connectivity index (χ3n) is 8.25. The van der Waals surface area contributed by atoms with Gasteiger partial charge in [-0.05, 0) is 79.8 Å². The molecule has 2 saturated heterocycles. The fourth-order valence-corrected chi connectivity index (χ4v) is 6.59. The highest BCUT2D eigenvalue weighted by molar-refractivity contribution is 5.58. The van der Waals surface area contributed by atoms with Crippen LogP contribution in [0.3, 0.4) is 0 Å². The molecule has 170 valence electrons. The largest absolute Gasteiger partial charge is 0.378 e. The van der Waals surface area contributed by atoms with Crippen LogP contribution in [0.1, 0.15) is 54.1 Å². The Morgan fingerprint density at radius 1 is 1.03 bits per heavy atom. The molecule has 3 aliphatic heterocycles. The summed E-state index contributed by atoms with van der Waals surface area (Å²) in [7, 11) is 0. The topological polar surface area (TPSA) is 40.6 Å². The van der Waals surface area contributed by atoms with Crippen molar-refractivity contribution in [2.45, 2.75) is 57.2 Å². The van der Waals surface area contributed by atoms with Crippen LogP contribution in [0.4, 0.5) is 5.69 Å². The number of ether oxygens (including phenoxy) is 1. The van der Waals surface area contributed by atoms with E-state index < -0.39 is 0 Å². The first-order valence-electron chi connectivity index (χ1n) is 12.7. The van der Waals surface area contributed by atoms with Gasteiger partial charge in [0.25, 0.3) is 0 Å². The average molecular weight is 433 g/mol. The molecule has 5 nitrogen and oxygen atoms in total. The standard InChI is InChI=1S/C27H36N4O/c1-4-22-19-29-23(18-24(22)25(7-1)30-14-16-32-17-15-30)10-13-31-12-3-6-21-9-8-20-5-2-11-28-26(20)27(21)31/h1-2,4-5,7,11,21,23,27,29H,3,6,8-10,12-19H2/t21-,23+,27?/m1/s1. The zero-order valence-electron chi connectivity index (χ0n) is 19.1. The fourth-order valence-electron chi connectivity index (χ4n) is 6.59. The molecule has 32 heavy (non-hydrogen) atoms. The lowest BCUT2D eigenvalue weighted by Crippen LogP contribution is -2.45. The van der Waals surface area contributed by atoms with E-state index in [0.29, 0.717) is 12.1 Å². The molecule has 0 bridgehead atoms. The van der Waals surface area contributed by atoms with Gasteiger partial charge in [-0.25, -0.2) is 0 Å². The second-order valence-corrected chi connectivity index (χ2v) is 10.1. The van der Waals surface area contributed by atoms with E-state index in [2.05, 4.69) is 45.4 Å². The van der Waals surface area contributed by atoms with E-state index in [1.165, 1.54) is 67.7 Å². The highest BCUT2D eigenvalue weighted by Crippen LogP contribution is 2.43. The third-order valence-corrected chi connectivity index (χ3v) is 8.25. The van der Waals surface area contributed by atoms with Crippen molar-refractivity contribution in [3.63, 3.8) is 0 Å². The molecule has 1 unspecified atom stereocenters. The number of pyridine rings is 1. The SMILES string of the molecule is c1cnc2c(c1)CC[C@H]1CCCN(CC[C@H]3Cc4c(cccc4N4CCOCC4)CN3)C21. The minimum absolute atomic E-state index is 0.536. The minimum Gasteiger partial charge on any atom is -0.378 e. The number of nitrogens with one attached hydrogen (secondary N) is 1. The molecular weight excluding hydrogens is 396 g/mol. The summed E-state index contributed by atoms with van der Waals surface area (Å²) in [6.45, 7) is 7.10. The minimum atomic E-state index is 0.536. The number of benzene rings is 1. The van der Waals surface area contributed by atoms with Crippen LogP contribution in [-0.4, -0.2) is 55.3 Å². The van der Waals surface area contributed by atoms with E-state index >= 15 is 0 Å². The molecule has 1 aliphatic carbocycles. The Hall–Kier alpha value is -1.95. The number of rotatable bonds is 4. The first kappa shape index (κ1) is 20.6. The Morgan fingerprint density at radius 2 is 1.94 bits per heavy atom. The van der Waals surface area contributed by atoms with E-state index in [9.17, 15) is 0 Å². The molecule has 0 radical (unpaired) electrons. The van der Waals surface area contributed by atoms with Gasteiger partial charge in [-0.1, -0.05) is 18.2 Å². The first-order valence-corrected chi connectivity index (χ1v) is 12.7. The van der Waals surface area contributed by atoms with Gasteiger partial charge in [0.2, 0.25) is 0 Å². The molecule has 4 aliphatic rings. The average Bonchev–Trinajstić information content (AvgIpc) is 2.87. The maximum Gasteiger partial charge on any atom is 0.0642 e. The number of aromatic nitrogens is 1. The van der Waals surface area contributed by atoms with Crippen molar-refractivity contribution in [1.29, 1.82) is 0 Å². The normalized spacial score (nSPS) is 28.0. The molecule has 2 fully saturated rings. The van der Waals surface area contributed by atoms with E-state index in [1.807, 2.05) is 6.20 Å². The molecule has 6 rings (SSSR count). The number of piperidine rings is 1. The van der Waals surface area contributed by atoms with Gasteiger partial charge in [0.1, 0.15) is 0 Å². The summed E-state index contributed by atoms with van der Waals surface area (Å²) < 4.78 is 5.60. The zero-order valence-corrected chi connectivity index (χ0v) is 19.1. The molecule has 0 amide bonds. The van der Waals surface area contributed by atoms with Crippen molar-refractivity contribution in [3.8, 4) is 0 Å². The molecule has 0 spiro atoms. The quantitative estimate of drug-likeness (QED) is 0.797. The molecule has 3 atom stereocenters. The molecule has 2 aromatic rings. The molecule has 1 aromatic heterocycles. The smallest absolute Gasteiger partial charge is 0.0642 e. The van der Waals surface area contributed by atoms with Crippen LogP contribution in [0.5, 0.6) is 0 Å². The summed E-state index contributed by atoms with van der Waals surface area (Å²) in [4.78, 5) is 10.2. The number of hydrogen-bond acceptors (Lipinski definition) is 5. The summed E-state index contributed by atoms with van der Waals surface area (Å²) >= 11 is 0. The number of morpholine rings is 1. The predicted octanol–water partition coefficient (Wildman–Crippen LogP) is 3.72. The zero-order chi connectivity index (χ0) is 21.3. The predicted molar refractivity (Wildman–Crippen MR) is 128 cm³/mol. The first-order chi connectivity index (χ1) is 15.9. The number of aryl methyl sites for hydroxylation is 1. The molecule has 1 aromatic carbocycles. The van der Waals surface area contributed by atoms with Crippen LogP contribution in [-0.2, 0) is 24.1 Å². The second-order valence-electron chi connectivity index (χ2n) is 10.1. The number of fused-ring (bicyclic) bond motifs is 4. The van der Waals surface area contributed by atoms with Gasteiger partial charge in [-0.15, -0.1) is 0 Å². The lowest BCUT2D eigenvalue weighted by molar-refractivity contribution is 0.0723. The lowest BCUT2D eigenvalue weighted by atomic mass is 9.77. The van der Waals surface area contributed by atoms with Gasteiger partial charge in [-0.3, -0.25) is 9.88 Å². The van der Waals surface area contributed by atoms with Crippen LogP contribution < -0.4 is 10.2 Å². The Kier molecular flexibility index (Phi) is 5.89. The number of likely N-dealkylation sites (tertiary alicyclic amines) is 1. The molecule has 5 heteroatoms. The van der Waals surface area contributed by atoms with E-state index in [0.717, 1.165) is 45.2 Å². The summed E-state index contributed by atoms with van der Waals surface area (Å²) in [6, 6.07) is 12.4. The van der Waals surface area contributed by atoms with Gasteiger partial charge in [0.15, 0.2) is 0 Å². The van der Waals surface area contributed by atoms with E-state index in [-0.39, 0.29) is 0 Å². The van der Waals surface area contributed by atoms with Crippen molar-refractivity contribution in [2.24, 2.45) is 5.92 Å². The summed E-state index contributed by atoms with van der Waals surface area (Å²) in [5.74, 6) is 0.791. The summed E-state index contributed by atoms with van der Waals surface area (Å²) in [5, 5.41) is 3.85. The van der Waals surface area contributed by atoms with Crippen LogP contribution in [0.25, 0.3) is 0 Å². The van der Waals surface area contributed by atoms with Gasteiger partial charge >= 0.3 is 0 Å². The van der Waals surface area contributed by atoms with Crippen LogP contribution in [0.15, 0.2) is 36.5 Å². The molecule has 1 N–H and O–H groups in total. The second kappa shape index (κ2) is 9.12. The van der Waals surface area contributed by atoms with Gasteiger partial charge in [0.05, 0.1) is 24.9 Å². The fraction of sp³-hybridized carbons (Fsp3) is 0.593. The summed E-state index contributed by atoms with van der Waals surface area (Å²) in [5.41, 5.74) is 7.36. The maximum atomic E-state index is 5.60. The monoisotopic (exact) mass is 432 g/mol. The summed E-state index contributed by atoms with van der Waals surface area (Å²) in [6.07, 6.45) is 9.60. The third kappa shape index (κ3) is 3.95. The van der Waals surface area contributed by atoms with Crippen molar-refractivity contribution in [3.05, 3.63) is 58.9 Å². The number of anilines is 1. The molecule has 0 saturated carbocycles. The lowest BCUT2D eigenvalue weighted by Gasteiger charge is -2.45. The van der Waals surface area contributed by atoms with Crippen molar-refractivity contribution >= 4 is 5.69 Å². The van der Waals surface area contributed by atoms with E-state index in [1.54, 1.807) is 5.56 Å². The maximum absolute atomic E-state index is 5.60. The molecule has 4 heterocycles. The molecular formula is C27H36N4O. The van der Waals surface area contributed by atoms with Gasteiger partial charge in [0, 0.05) is 44.1 Å².